The zero-order chi connectivity index (χ0) is 13.4. The first kappa shape index (κ1) is 17.7. The van der Waals surface area contributed by atoms with Crippen molar-refractivity contribution in [3.63, 3.8) is 0 Å². The molecular weight excluding hydrogens is 268 g/mol. The topological polar surface area (TPSA) is 73.6 Å². The number of ether oxygens (including phenoxy) is 2. The van der Waals surface area contributed by atoms with Crippen LogP contribution >= 0.6 is 12.4 Å². The van der Waals surface area contributed by atoms with Gasteiger partial charge in [0.1, 0.15) is 12.4 Å². The molecule has 0 aliphatic heterocycles. The summed E-state index contributed by atoms with van der Waals surface area (Å²) in [7, 11) is 1.62. The summed E-state index contributed by atoms with van der Waals surface area (Å²) in [4.78, 5) is 11.5. The van der Waals surface area contributed by atoms with Gasteiger partial charge in [-0.3, -0.25) is 4.79 Å². The van der Waals surface area contributed by atoms with Crippen molar-refractivity contribution >= 4 is 24.0 Å². The third-order valence-electron chi connectivity index (χ3n) is 2.18. The van der Waals surface area contributed by atoms with E-state index >= 15 is 0 Å². The molecule has 0 aliphatic carbocycles. The molecule has 1 atom stereocenters. The highest BCUT2D eigenvalue weighted by molar-refractivity contribution is 5.91. The van der Waals surface area contributed by atoms with Crippen LogP contribution in [-0.4, -0.2) is 32.3 Å². The Hall–Kier alpha value is -1.30. The number of nitrogens with two attached hydrogens (primary N) is 1. The highest BCUT2D eigenvalue weighted by atomic mass is 35.5. The quantitative estimate of drug-likeness (QED) is 0.751. The van der Waals surface area contributed by atoms with Gasteiger partial charge in [-0.05, 0) is 19.1 Å². The lowest BCUT2D eigenvalue weighted by Crippen LogP contribution is -2.23. The highest BCUT2D eigenvalue weighted by Gasteiger charge is 2.05. The van der Waals surface area contributed by atoms with E-state index in [0.29, 0.717) is 31.1 Å². The molecule has 0 fully saturated rings. The molecule has 6 heteroatoms. The maximum Gasteiger partial charge on any atom is 0.225 e. The van der Waals surface area contributed by atoms with Crippen molar-refractivity contribution in [1.29, 1.82) is 0 Å². The van der Waals surface area contributed by atoms with E-state index in [-0.39, 0.29) is 24.4 Å². The molecule has 1 aromatic rings. The van der Waals surface area contributed by atoms with Crippen LogP contribution in [0.15, 0.2) is 24.3 Å². The predicted octanol–water partition coefficient (Wildman–Crippen LogP) is 1.81. The van der Waals surface area contributed by atoms with Crippen LogP contribution in [0.2, 0.25) is 0 Å². The van der Waals surface area contributed by atoms with Crippen molar-refractivity contribution < 1.29 is 14.3 Å². The van der Waals surface area contributed by atoms with Crippen LogP contribution in [0.1, 0.15) is 13.3 Å². The minimum atomic E-state index is -0.147. The second-order valence-corrected chi connectivity index (χ2v) is 4.10. The maximum atomic E-state index is 11.5. The first-order chi connectivity index (χ1) is 8.61. The van der Waals surface area contributed by atoms with Gasteiger partial charge in [0.25, 0.3) is 0 Å². The molecule has 1 aromatic carbocycles. The van der Waals surface area contributed by atoms with Gasteiger partial charge >= 0.3 is 0 Å². The van der Waals surface area contributed by atoms with Crippen LogP contribution in [0, 0.1) is 0 Å². The number of halogens is 1. The van der Waals surface area contributed by atoms with Crippen molar-refractivity contribution in [1.82, 2.24) is 0 Å². The molecule has 0 heterocycles. The number of rotatable bonds is 7. The molecule has 1 amide bonds. The van der Waals surface area contributed by atoms with Gasteiger partial charge in [0, 0.05) is 31.3 Å². The van der Waals surface area contributed by atoms with E-state index < -0.39 is 0 Å². The van der Waals surface area contributed by atoms with Gasteiger partial charge in [-0.15, -0.1) is 12.4 Å². The lowest BCUT2D eigenvalue weighted by atomic mass is 10.2. The predicted molar refractivity (Wildman–Crippen MR) is 78.0 cm³/mol. The molecule has 0 saturated heterocycles. The lowest BCUT2D eigenvalue weighted by Gasteiger charge is -2.09. The number of carbonyl (C=O) groups is 1. The molecule has 0 saturated carbocycles. The molecule has 1 unspecified atom stereocenters. The van der Waals surface area contributed by atoms with Crippen molar-refractivity contribution in [2.75, 3.05) is 25.6 Å². The average Bonchev–Trinajstić information content (AvgIpc) is 2.28. The van der Waals surface area contributed by atoms with Crippen LogP contribution in [0.3, 0.4) is 0 Å². The second kappa shape index (κ2) is 9.61. The molecule has 1 rings (SSSR count). The molecule has 5 nitrogen and oxygen atoms in total. The number of nitrogens with one attached hydrogen (secondary N) is 1. The van der Waals surface area contributed by atoms with Crippen molar-refractivity contribution in [2.24, 2.45) is 5.73 Å². The van der Waals surface area contributed by atoms with Gasteiger partial charge in [-0.1, -0.05) is 6.07 Å². The number of amides is 1. The van der Waals surface area contributed by atoms with Gasteiger partial charge < -0.3 is 20.5 Å². The number of hydrogen-bond donors (Lipinski definition) is 2. The molecule has 0 aromatic heterocycles. The maximum absolute atomic E-state index is 11.5. The Morgan fingerprint density at radius 2 is 2.16 bits per heavy atom. The average molecular weight is 289 g/mol. The van der Waals surface area contributed by atoms with Crippen LogP contribution in [0.4, 0.5) is 5.69 Å². The monoisotopic (exact) mass is 288 g/mol. The van der Waals surface area contributed by atoms with E-state index in [0.717, 1.165) is 0 Å². The molecular formula is C13H21ClN2O3. The van der Waals surface area contributed by atoms with E-state index in [2.05, 4.69) is 5.32 Å². The van der Waals surface area contributed by atoms with Gasteiger partial charge in [0.15, 0.2) is 0 Å². The molecule has 19 heavy (non-hydrogen) atoms. The summed E-state index contributed by atoms with van der Waals surface area (Å²) in [6.07, 6.45) is 0.300. The normalized spacial score (nSPS) is 11.3. The second-order valence-electron chi connectivity index (χ2n) is 4.10. The number of anilines is 1. The van der Waals surface area contributed by atoms with Crippen molar-refractivity contribution in [2.45, 2.75) is 19.4 Å². The van der Waals surface area contributed by atoms with E-state index in [1.165, 1.54) is 0 Å². The van der Waals surface area contributed by atoms with Crippen molar-refractivity contribution in [3.05, 3.63) is 24.3 Å². The minimum Gasteiger partial charge on any atom is -0.491 e. The molecule has 3 N–H and O–H groups in total. The largest absolute Gasteiger partial charge is 0.491 e. The summed E-state index contributed by atoms with van der Waals surface area (Å²) in [6, 6.07) is 7.09. The first-order valence-electron chi connectivity index (χ1n) is 5.89. The Morgan fingerprint density at radius 3 is 2.79 bits per heavy atom. The number of benzene rings is 1. The Kier molecular flexibility index (Phi) is 8.95. The van der Waals surface area contributed by atoms with Crippen LogP contribution in [-0.2, 0) is 9.53 Å². The summed E-state index contributed by atoms with van der Waals surface area (Å²) < 4.78 is 10.3. The van der Waals surface area contributed by atoms with E-state index in [9.17, 15) is 4.79 Å². The first-order valence-corrected chi connectivity index (χ1v) is 5.89. The standard InChI is InChI=1S/C13H20N2O3.ClH/c1-10(14)8-13(16)15-11-4-3-5-12(9-11)18-7-6-17-2;/h3-5,9-10H,6-8,14H2,1-2H3,(H,15,16);1H. The van der Waals surface area contributed by atoms with E-state index in [1.807, 2.05) is 18.2 Å². The molecule has 108 valence electrons. The highest BCUT2D eigenvalue weighted by Crippen LogP contribution is 2.17. The molecule has 0 bridgehead atoms. The fourth-order valence-corrected chi connectivity index (χ4v) is 1.41. The number of methoxy groups -OCH3 is 1. The summed E-state index contributed by atoms with van der Waals surface area (Å²) in [5.41, 5.74) is 6.26. The smallest absolute Gasteiger partial charge is 0.225 e. The Bertz CT molecular complexity index is 386. The van der Waals surface area contributed by atoms with E-state index in [4.69, 9.17) is 15.2 Å². The van der Waals surface area contributed by atoms with E-state index in [1.54, 1.807) is 20.1 Å². The van der Waals surface area contributed by atoms with Gasteiger partial charge in [0.2, 0.25) is 5.91 Å². The minimum absolute atomic E-state index is 0. The zero-order valence-electron chi connectivity index (χ0n) is 11.2. The summed E-state index contributed by atoms with van der Waals surface area (Å²) >= 11 is 0. The van der Waals surface area contributed by atoms with Crippen LogP contribution < -0.4 is 15.8 Å². The SMILES string of the molecule is COCCOc1cccc(NC(=O)CC(C)N)c1.Cl. The summed E-state index contributed by atoms with van der Waals surface area (Å²) in [5.74, 6) is 0.602. The van der Waals surface area contributed by atoms with Crippen molar-refractivity contribution in [3.8, 4) is 5.75 Å². The molecule has 0 radical (unpaired) electrons. The molecule has 0 spiro atoms. The van der Waals surface area contributed by atoms with Crippen LogP contribution in [0.5, 0.6) is 5.75 Å². The number of carbonyl (C=O) groups excluding carboxylic acids is 1. The third-order valence-corrected chi connectivity index (χ3v) is 2.18. The molecule has 0 aliphatic rings. The van der Waals surface area contributed by atoms with Crippen LogP contribution in [0.25, 0.3) is 0 Å². The Labute approximate surface area is 119 Å². The number of hydrogen-bond acceptors (Lipinski definition) is 4. The summed E-state index contributed by atoms with van der Waals surface area (Å²) in [5, 5.41) is 2.77. The van der Waals surface area contributed by atoms with Gasteiger partial charge in [-0.2, -0.15) is 0 Å². The van der Waals surface area contributed by atoms with Gasteiger partial charge in [-0.25, -0.2) is 0 Å². The summed E-state index contributed by atoms with van der Waals surface area (Å²) in [6.45, 7) is 2.80. The Balaban J connectivity index is 0.00000324. The fourth-order valence-electron chi connectivity index (χ4n) is 1.41. The Morgan fingerprint density at radius 1 is 1.42 bits per heavy atom. The lowest BCUT2D eigenvalue weighted by molar-refractivity contribution is -0.116. The fraction of sp³-hybridized carbons (Fsp3) is 0.462. The zero-order valence-corrected chi connectivity index (χ0v) is 12.0. The van der Waals surface area contributed by atoms with Gasteiger partial charge in [0.05, 0.1) is 6.61 Å². The third kappa shape index (κ3) is 7.66.